The van der Waals surface area contributed by atoms with Crippen molar-refractivity contribution < 1.29 is 13.2 Å². The first kappa shape index (κ1) is 22.5. The number of rotatable bonds is 7. The van der Waals surface area contributed by atoms with E-state index < -0.39 is 10.0 Å². The fourth-order valence-corrected chi connectivity index (χ4v) is 5.23. The SMILES string of the molecule is CCCc1ccc(S(=O)(=O)N2CCN([C@H](C)C(=O)N(C)c3ccccc3)CC2)cc1. The number of aryl methyl sites for hydroxylation is 1. The Balaban J connectivity index is 1.61. The summed E-state index contributed by atoms with van der Waals surface area (Å²) >= 11 is 0. The Morgan fingerprint density at radius 2 is 1.60 bits per heavy atom. The van der Waals surface area contributed by atoms with Gasteiger partial charge in [-0.25, -0.2) is 8.42 Å². The molecule has 162 valence electrons. The van der Waals surface area contributed by atoms with Gasteiger partial charge in [0.15, 0.2) is 0 Å². The van der Waals surface area contributed by atoms with Crippen LogP contribution in [-0.4, -0.2) is 62.8 Å². The highest BCUT2D eigenvalue weighted by atomic mass is 32.2. The van der Waals surface area contributed by atoms with Gasteiger partial charge in [-0.15, -0.1) is 0 Å². The maximum atomic E-state index is 13.0. The number of sulfonamides is 1. The van der Waals surface area contributed by atoms with E-state index in [1.54, 1.807) is 24.1 Å². The molecule has 30 heavy (non-hydrogen) atoms. The number of benzene rings is 2. The van der Waals surface area contributed by atoms with Gasteiger partial charge in [-0.1, -0.05) is 43.7 Å². The maximum absolute atomic E-state index is 13.0. The molecular formula is C23H31N3O3S. The van der Waals surface area contributed by atoms with E-state index in [1.807, 2.05) is 49.4 Å². The summed E-state index contributed by atoms with van der Waals surface area (Å²) in [4.78, 5) is 16.9. The van der Waals surface area contributed by atoms with E-state index in [-0.39, 0.29) is 11.9 Å². The number of likely N-dealkylation sites (N-methyl/N-ethyl adjacent to an activating group) is 1. The minimum atomic E-state index is -3.51. The van der Waals surface area contributed by atoms with Crippen molar-refractivity contribution in [1.29, 1.82) is 0 Å². The average molecular weight is 430 g/mol. The summed E-state index contributed by atoms with van der Waals surface area (Å²) in [5, 5.41) is 0. The molecular weight excluding hydrogens is 398 g/mol. The van der Waals surface area contributed by atoms with E-state index >= 15 is 0 Å². The lowest BCUT2D eigenvalue weighted by Crippen LogP contribution is -2.55. The molecule has 0 aliphatic carbocycles. The standard InChI is InChI=1S/C23H31N3O3S/c1-4-8-20-11-13-22(14-12-20)30(28,29)26-17-15-25(16-18-26)19(2)23(27)24(3)21-9-6-5-7-10-21/h5-7,9-14,19H,4,8,15-18H2,1-3H3/t19-/m1/s1. The molecule has 0 radical (unpaired) electrons. The Morgan fingerprint density at radius 3 is 2.17 bits per heavy atom. The molecule has 0 spiro atoms. The zero-order valence-electron chi connectivity index (χ0n) is 18.0. The number of hydrogen-bond acceptors (Lipinski definition) is 4. The monoisotopic (exact) mass is 429 g/mol. The molecule has 7 heteroatoms. The highest BCUT2D eigenvalue weighted by Gasteiger charge is 2.32. The molecule has 0 bridgehead atoms. The van der Waals surface area contributed by atoms with E-state index in [0.717, 1.165) is 24.1 Å². The Bertz CT molecular complexity index is 937. The van der Waals surface area contributed by atoms with Gasteiger partial charge in [0.25, 0.3) is 0 Å². The first-order valence-electron chi connectivity index (χ1n) is 10.5. The predicted octanol–water partition coefficient (Wildman–Crippen LogP) is 3.00. The number of nitrogens with zero attached hydrogens (tertiary/aromatic N) is 3. The lowest BCUT2D eigenvalue weighted by atomic mass is 10.1. The van der Waals surface area contributed by atoms with Gasteiger partial charge in [0, 0.05) is 38.9 Å². The molecule has 1 fully saturated rings. The second kappa shape index (κ2) is 9.73. The number of anilines is 1. The molecule has 0 aromatic heterocycles. The Labute approximate surface area is 180 Å². The van der Waals surface area contributed by atoms with Crippen LogP contribution in [-0.2, 0) is 21.2 Å². The van der Waals surface area contributed by atoms with Crippen LogP contribution >= 0.6 is 0 Å². The zero-order chi connectivity index (χ0) is 21.7. The summed E-state index contributed by atoms with van der Waals surface area (Å²) in [7, 11) is -1.74. The third kappa shape index (κ3) is 4.91. The minimum Gasteiger partial charge on any atom is -0.314 e. The van der Waals surface area contributed by atoms with Crippen molar-refractivity contribution in [2.75, 3.05) is 38.1 Å². The average Bonchev–Trinajstić information content (AvgIpc) is 2.79. The highest BCUT2D eigenvalue weighted by Crippen LogP contribution is 2.21. The van der Waals surface area contributed by atoms with Crippen LogP contribution in [0.4, 0.5) is 5.69 Å². The van der Waals surface area contributed by atoms with Crippen LogP contribution in [0.1, 0.15) is 25.8 Å². The quantitative estimate of drug-likeness (QED) is 0.679. The van der Waals surface area contributed by atoms with E-state index in [4.69, 9.17) is 0 Å². The van der Waals surface area contributed by atoms with Crippen molar-refractivity contribution in [3.8, 4) is 0 Å². The summed E-state index contributed by atoms with van der Waals surface area (Å²) in [6.45, 7) is 5.81. The van der Waals surface area contributed by atoms with Crippen LogP contribution in [0.5, 0.6) is 0 Å². The van der Waals surface area contributed by atoms with Gasteiger partial charge < -0.3 is 4.90 Å². The summed E-state index contributed by atoms with van der Waals surface area (Å²) in [5.74, 6) is 0.00372. The number of hydrogen-bond donors (Lipinski definition) is 0. The third-order valence-corrected chi connectivity index (χ3v) is 7.67. The van der Waals surface area contributed by atoms with Crippen molar-refractivity contribution in [2.24, 2.45) is 0 Å². The molecule has 3 rings (SSSR count). The smallest absolute Gasteiger partial charge is 0.243 e. The Morgan fingerprint density at radius 1 is 1.00 bits per heavy atom. The number of amides is 1. The molecule has 1 amide bonds. The van der Waals surface area contributed by atoms with Gasteiger partial charge in [0.2, 0.25) is 15.9 Å². The van der Waals surface area contributed by atoms with Gasteiger partial charge >= 0.3 is 0 Å². The number of para-hydroxylation sites is 1. The molecule has 1 aliphatic heterocycles. The van der Waals surface area contributed by atoms with Gasteiger partial charge in [-0.3, -0.25) is 9.69 Å². The van der Waals surface area contributed by atoms with Gasteiger partial charge in [0.05, 0.1) is 10.9 Å². The zero-order valence-corrected chi connectivity index (χ0v) is 18.8. The Hall–Kier alpha value is -2.22. The number of carbonyl (C=O) groups is 1. The summed E-state index contributed by atoms with van der Waals surface area (Å²) in [6, 6.07) is 16.4. The molecule has 0 N–H and O–H groups in total. The van der Waals surface area contributed by atoms with E-state index in [1.165, 1.54) is 4.31 Å². The second-order valence-corrected chi connectivity index (χ2v) is 9.68. The first-order valence-corrected chi connectivity index (χ1v) is 11.9. The Kier molecular flexibility index (Phi) is 7.28. The fraction of sp³-hybridized carbons (Fsp3) is 0.435. The largest absolute Gasteiger partial charge is 0.314 e. The molecule has 1 atom stereocenters. The van der Waals surface area contributed by atoms with Crippen molar-refractivity contribution in [1.82, 2.24) is 9.21 Å². The molecule has 1 saturated heterocycles. The van der Waals surface area contributed by atoms with Crippen LogP contribution in [0.25, 0.3) is 0 Å². The molecule has 1 heterocycles. The van der Waals surface area contributed by atoms with E-state index in [0.29, 0.717) is 31.1 Å². The first-order chi connectivity index (χ1) is 14.3. The third-order valence-electron chi connectivity index (χ3n) is 5.75. The van der Waals surface area contributed by atoms with E-state index in [9.17, 15) is 13.2 Å². The van der Waals surface area contributed by atoms with Crippen molar-refractivity contribution in [3.05, 3.63) is 60.2 Å². The summed E-state index contributed by atoms with van der Waals surface area (Å²) in [6.07, 6.45) is 1.98. The van der Waals surface area contributed by atoms with E-state index in [2.05, 4.69) is 11.8 Å². The van der Waals surface area contributed by atoms with Crippen LogP contribution in [0.2, 0.25) is 0 Å². The van der Waals surface area contributed by atoms with Crippen molar-refractivity contribution >= 4 is 21.6 Å². The van der Waals surface area contributed by atoms with Crippen LogP contribution < -0.4 is 4.90 Å². The van der Waals surface area contributed by atoms with Gasteiger partial charge in [-0.05, 0) is 43.2 Å². The summed E-state index contributed by atoms with van der Waals surface area (Å²) in [5.41, 5.74) is 2.00. The predicted molar refractivity (Wildman–Crippen MR) is 120 cm³/mol. The molecule has 2 aromatic rings. The molecule has 0 saturated carbocycles. The van der Waals surface area contributed by atoms with Gasteiger partial charge in [0.1, 0.15) is 0 Å². The molecule has 6 nitrogen and oxygen atoms in total. The summed E-state index contributed by atoms with van der Waals surface area (Å²) < 4.78 is 27.5. The molecule has 2 aromatic carbocycles. The molecule has 1 aliphatic rings. The number of piperazine rings is 1. The van der Waals surface area contributed by atoms with Gasteiger partial charge in [-0.2, -0.15) is 4.31 Å². The lowest BCUT2D eigenvalue weighted by Gasteiger charge is -2.37. The van der Waals surface area contributed by atoms with Crippen LogP contribution in [0.15, 0.2) is 59.5 Å². The van der Waals surface area contributed by atoms with Crippen LogP contribution in [0.3, 0.4) is 0 Å². The number of carbonyl (C=O) groups excluding carboxylic acids is 1. The maximum Gasteiger partial charge on any atom is 0.243 e. The van der Waals surface area contributed by atoms with Crippen LogP contribution in [0, 0.1) is 0 Å². The minimum absolute atomic E-state index is 0.00372. The normalized spacial score (nSPS) is 16.9. The second-order valence-electron chi connectivity index (χ2n) is 7.74. The fourth-order valence-electron chi connectivity index (χ4n) is 3.81. The lowest BCUT2D eigenvalue weighted by molar-refractivity contribution is -0.123. The highest BCUT2D eigenvalue weighted by molar-refractivity contribution is 7.89. The molecule has 0 unspecified atom stereocenters. The topological polar surface area (TPSA) is 60.9 Å². The van der Waals surface area contributed by atoms with Crippen molar-refractivity contribution in [2.45, 2.75) is 37.6 Å². The van der Waals surface area contributed by atoms with Crippen molar-refractivity contribution in [3.63, 3.8) is 0 Å².